The quantitative estimate of drug-likeness (QED) is 0.397. The summed E-state index contributed by atoms with van der Waals surface area (Å²) >= 11 is 0. The molecule has 1 aromatic heterocycles. The molecule has 1 unspecified atom stereocenters. The molecular formula is C29H30F3N5O6S. The van der Waals surface area contributed by atoms with Crippen molar-refractivity contribution >= 4 is 27.5 Å². The monoisotopic (exact) mass is 633 g/mol. The molecule has 0 saturated carbocycles. The number of carbonyl (C=O) groups is 2. The number of halogens is 3. The number of sulfone groups is 1. The van der Waals surface area contributed by atoms with Crippen LogP contribution in [0.2, 0.25) is 0 Å². The Morgan fingerprint density at radius 1 is 1.18 bits per heavy atom. The molecule has 44 heavy (non-hydrogen) atoms. The van der Waals surface area contributed by atoms with Crippen molar-refractivity contribution in [2.45, 2.75) is 69.9 Å². The fourth-order valence-electron chi connectivity index (χ4n) is 4.33. The molecule has 0 aliphatic carbocycles. The summed E-state index contributed by atoms with van der Waals surface area (Å²) in [6, 6.07) is 7.67. The Morgan fingerprint density at radius 2 is 1.82 bits per heavy atom. The van der Waals surface area contributed by atoms with Crippen LogP contribution >= 0.6 is 0 Å². The molecule has 234 valence electrons. The number of fused-ring (bicyclic) bond motifs is 1. The first-order chi connectivity index (χ1) is 20.2. The Kier molecular flexibility index (Phi) is 8.29. The molecule has 1 aliphatic rings. The molecule has 0 saturated heterocycles. The number of benzene rings is 2. The molecule has 0 fully saturated rings. The topological polar surface area (TPSA) is 155 Å². The number of anilines is 1. The minimum atomic E-state index is -3.82. The zero-order chi connectivity index (χ0) is 32.8. The fourth-order valence-corrected chi connectivity index (χ4v) is 4.73. The number of alkyl carbamates (subject to hydrolysis) is 1. The standard InChI is InChI=1S/C29H30F3N5O6S/c1-27(2,3)43-26(39)34-21-13-29(31,32)19-12-20(30)18(23-35-36-25(42-23)28(4,5)44(6,40)41)11-22(19)37(24(21)38)15-17-9-7-16(14-33)8-10-17/h7-12,21H,13,15H2,1-6H3,(H,34,39). The van der Waals surface area contributed by atoms with Crippen LogP contribution < -0.4 is 10.2 Å². The Balaban J connectivity index is 1.86. The highest BCUT2D eigenvalue weighted by atomic mass is 32.2. The van der Waals surface area contributed by atoms with Crippen molar-refractivity contribution in [1.29, 1.82) is 5.26 Å². The molecule has 4 rings (SSSR count). The average Bonchev–Trinajstić information content (AvgIpc) is 3.38. The van der Waals surface area contributed by atoms with Crippen LogP contribution in [0.5, 0.6) is 0 Å². The summed E-state index contributed by atoms with van der Waals surface area (Å²) in [5.41, 5.74) is -1.94. The third kappa shape index (κ3) is 6.54. The van der Waals surface area contributed by atoms with Gasteiger partial charge in [0.1, 0.15) is 22.2 Å². The SMILES string of the molecule is CC(C)(C)OC(=O)NC1CC(F)(F)c2cc(F)c(-c3nnc(C(C)(C)S(C)(=O)=O)o3)cc2N(Cc2ccc(C#N)cc2)C1=O. The predicted molar refractivity (Wildman–Crippen MR) is 152 cm³/mol. The minimum Gasteiger partial charge on any atom is -0.444 e. The van der Waals surface area contributed by atoms with Crippen LogP contribution in [0.25, 0.3) is 11.5 Å². The molecule has 2 heterocycles. The van der Waals surface area contributed by atoms with Gasteiger partial charge in [-0.05, 0) is 64.4 Å². The molecule has 2 aromatic carbocycles. The number of rotatable bonds is 6. The van der Waals surface area contributed by atoms with E-state index >= 15 is 13.2 Å². The van der Waals surface area contributed by atoms with E-state index in [9.17, 15) is 18.0 Å². The number of nitriles is 1. The van der Waals surface area contributed by atoms with E-state index < -0.39 is 79.1 Å². The van der Waals surface area contributed by atoms with Crippen LogP contribution in [0.15, 0.2) is 40.8 Å². The van der Waals surface area contributed by atoms with E-state index in [1.165, 1.54) is 38.1 Å². The largest absolute Gasteiger partial charge is 0.444 e. The van der Waals surface area contributed by atoms with Crippen molar-refractivity contribution in [2.75, 3.05) is 11.2 Å². The molecule has 11 nitrogen and oxygen atoms in total. The molecule has 1 N–H and O–H groups in total. The van der Waals surface area contributed by atoms with Crippen molar-refractivity contribution in [2.24, 2.45) is 0 Å². The lowest BCUT2D eigenvalue weighted by molar-refractivity contribution is -0.123. The zero-order valence-corrected chi connectivity index (χ0v) is 25.6. The van der Waals surface area contributed by atoms with Gasteiger partial charge in [0.25, 0.3) is 11.8 Å². The van der Waals surface area contributed by atoms with Gasteiger partial charge in [-0.15, -0.1) is 10.2 Å². The summed E-state index contributed by atoms with van der Waals surface area (Å²) in [5.74, 6) is -6.82. The molecule has 2 amide bonds. The van der Waals surface area contributed by atoms with Gasteiger partial charge in [-0.1, -0.05) is 12.1 Å². The number of amides is 2. The lowest BCUT2D eigenvalue weighted by Gasteiger charge is -2.27. The van der Waals surface area contributed by atoms with Crippen molar-refractivity contribution in [3.05, 3.63) is 64.8 Å². The summed E-state index contributed by atoms with van der Waals surface area (Å²) in [7, 11) is -3.76. The van der Waals surface area contributed by atoms with Gasteiger partial charge in [0.05, 0.1) is 29.4 Å². The molecular weight excluding hydrogens is 603 g/mol. The van der Waals surface area contributed by atoms with E-state index in [1.54, 1.807) is 20.8 Å². The van der Waals surface area contributed by atoms with Crippen molar-refractivity contribution in [3.8, 4) is 17.5 Å². The number of hydrogen-bond acceptors (Lipinski definition) is 9. The van der Waals surface area contributed by atoms with Gasteiger partial charge in [0.2, 0.25) is 11.8 Å². The second-order valence-electron chi connectivity index (χ2n) is 11.9. The molecule has 15 heteroatoms. The summed E-state index contributed by atoms with van der Waals surface area (Å²) in [4.78, 5) is 27.4. The molecule has 1 atom stereocenters. The lowest BCUT2D eigenvalue weighted by atomic mass is 9.99. The maximum absolute atomic E-state index is 15.8. The van der Waals surface area contributed by atoms with Crippen molar-refractivity contribution in [3.63, 3.8) is 0 Å². The van der Waals surface area contributed by atoms with Gasteiger partial charge in [0.15, 0.2) is 9.84 Å². The zero-order valence-electron chi connectivity index (χ0n) is 24.7. The first kappa shape index (κ1) is 32.5. The average molecular weight is 634 g/mol. The van der Waals surface area contributed by atoms with E-state index in [0.717, 1.165) is 17.2 Å². The highest BCUT2D eigenvalue weighted by molar-refractivity contribution is 7.91. The van der Waals surface area contributed by atoms with Gasteiger partial charge in [-0.3, -0.25) is 4.79 Å². The summed E-state index contributed by atoms with van der Waals surface area (Å²) in [6.07, 6.45) is -1.35. The summed E-state index contributed by atoms with van der Waals surface area (Å²) in [6.45, 7) is 7.00. The number of hydrogen-bond donors (Lipinski definition) is 1. The van der Waals surface area contributed by atoms with Crippen molar-refractivity contribution < 1.29 is 40.3 Å². The van der Waals surface area contributed by atoms with Crippen LogP contribution in [0.1, 0.15) is 63.6 Å². The number of aromatic nitrogens is 2. The number of nitrogens with one attached hydrogen (secondary N) is 1. The molecule has 0 spiro atoms. The van der Waals surface area contributed by atoms with E-state index in [-0.39, 0.29) is 12.4 Å². The van der Waals surface area contributed by atoms with Crippen molar-refractivity contribution in [1.82, 2.24) is 15.5 Å². The maximum Gasteiger partial charge on any atom is 0.408 e. The first-order valence-corrected chi connectivity index (χ1v) is 15.2. The molecule has 0 radical (unpaired) electrons. The highest BCUT2D eigenvalue weighted by Gasteiger charge is 2.47. The third-order valence-corrected chi connectivity index (χ3v) is 9.04. The normalized spacial score (nSPS) is 17.0. The Hall–Kier alpha value is -4.45. The van der Waals surface area contributed by atoms with Crippen LogP contribution in [0.4, 0.5) is 23.7 Å². The van der Waals surface area contributed by atoms with Gasteiger partial charge >= 0.3 is 6.09 Å². The molecule has 0 bridgehead atoms. The van der Waals surface area contributed by atoms with Crippen LogP contribution in [0.3, 0.4) is 0 Å². The summed E-state index contributed by atoms with van der Waals surface area (Å²) < 4.78 is 80.6. The van der Waals surface area contributed by atoms with Gasteiger partial charge < -0.3 is 19.4 Å². The maximum atomic E-state index is 15.8. The van der Waals surface area contributed by atoms with Gasteiger partial charge in [-0.2, -0.15) is 5.26 Å². The van der Waals surface area contributed by atoms with Crippen LogP contribution in [-0.4, -0.2) is 48.5 Å². The number of alkyl halides is 2. The van der Waals surface area contributed by atoms with E-state index in [2.05, 4.69) is 15.5 Å². The highest BCUT2D eigenvalue weighted by Crippen LogP contribution is 2.45. The van der Waals surface area contributed by atoms with Crippen LogP contribution in [0, 0.1) is 17.1 Å². The van der Waals surface area contributed by atoms with Gasteiger partial charge in [0, 0.05) is 18.2 Å². The molecule has 3 aromatic rings. The smallest absolute Gasteiger partial charge is 0.408 e. The lowest BCUT2D eigenvalue weighted by Crippen LogP contribution is -2.49. The summed E-state index contributed by atoms with van der Waals surface area (Å²) in [5, 5.41) is 18.9. The second kappa shape index (κ2) is 11.2. The Labute approximate surface area is 251 Å². The Bertz CT molecular complexity index is 1760. The Morgan fingerprint density at radius 3 is 2.39 bits per heavy atom. The van der Waals surface area contributed by atoms with E-state index in [1.807, 2.05) is 6.07 Å². The van der Waals surface area contributed by atoms with E-state index in [0.29, 0.717) is 17.2 Å². The number of ether oxygens (including phenoxy) is 1. The number of carbonyl (C=O) groups excluding carboxylic acids is 2. The number of nitrogens with zero attached hydrogens (tertiary/aromatic N) is 4. The fraction of sp³-hybridized carbons (Fsp3) is 0.414. The molecule has 1 aliphatic heterocycles. The first-order valence-electron chi connectivity index (χ1n) is 13.3. The van der Waals surface area contributed by atoms with Gasteiger partial charge in [-0.25, -0.2) is 26.4 Å². The third-order valence-electron chi connectivity index (χ3n) is 7.01. The van der Waals surface area contributed by atoms with Crippen LogP contribution in [-0.2, 0) is 36.6 Å². The second-order valence-corrected chi connectivity index (χ2v) is 14.4. The predicted octanol–water partition coefficient (Wildman–Crippen LogP) is 4.95. The van der Waals surface area contributed by atoms with E-state index in [4.69, 9.17) is 14.4 Å². The minimum absolute atomic E-state index is 0.304.